The van der Waals surface area contributed by atoms with E-state index >= 15 is 0 Å². The van der Waals surface area contributed by atoms with E-state index in [2.05, 4.69) is 15.2 Å². The van der Waals surface area contributed by atoms with Gasteiger partial charge < -0.3 is 4.42 Å². The smallest absolute Gasteiger partial charge is 0.387 e. The summed E-state index contributed by atoms with van der Waals surface area (Å²) in [5.41, 5.74) is 1.86. The monoisotopic (exact) mass is 179 g/mol. The molecule has 5 heteroatoms. The van der Waals surface area contributed by atoms with Crippen LogP contribution in [-0.2, 0) is 0 Å². The second-order valence-electron chi connectivity index (χ2n) is 3.15. The Hall–Kier alpha value is -1.65. The fourth-order valence-corrected chi connectivity index (χ4v) is 1.23. The Morgan fingerprint density at radius 2 is 2.31 bits per heavy atom. The van der Waals surface area contributed by atoms with Crippen LogP contribution in [0.3, 0.4) is 0 Å². The molecule has 13 heavy (non-hydrogen) atoms. The average molecular weight is 179 g/mol. The maximum absolute atomic E-state index is 10.9. The molecular weight excluding hydrogens is 170 g/mol. The molecule has 2 aromatic heterocycles. The lowest BCUT2D eigenvalue weighted by atomic mass is 10.1. The van der Waals surface area contributed by atoms with Crippen molar-refractivity contribution >= 4 is 11.2 Å². The molecule has 0 aliphatic heterocycles. The Balaban J connectivity index is 2.82. The average Bonchev–Trinajstić information content (AvgIpc) is 2.43. The first-order valence-electron chi connectivity index (χ1n) is 4.03. The van der Waals surface area contributed by atoms with E-state index in [9.17, 15) is 4.79 Å². The van der Waals surface area contributed by atoms with Gasteiger partial charge in [-0.1, -0.05) is 13.8 Å². The summed E-state index contributed by atoms with van der Waals surface area (Å²) in [5, 5.41) is 7.44. The van der Waals surface area contributed by atoms with E-state index in [1.54, 1.807) is 6.20 Å². The molecule has 0 atom stereocenters. The Kier molecular flexibility index (Phi) is 1.65. The highest BCUT2D eigenvalue weighted by atomic mass is 16.4. The Morgan fingerprint density at radius 1 is 1.54 bits per heavy atom. The summed E-state index contributed by atoms with van der Waals surface area (Å²) in [6, 6.07) is 0. The first-order valence-corrected chi connectivity index (χ1v) is 4.03. The van der Waals surface area contributed by atoms with Gasteiger partial charge in [0.25, 0.3) is 5.71 Å². The van der Waals surface area contributed by atoms with Crippen LogP contribution in [0.2, 0.25) is 0 Å². The molecule has 0 aliphatic rings. The van der Waals surface area contributed by atoms with Crippen LogP contribution in [0.4, 0.5) is 0 Å². The van der Waals surface area contributed by atoms with E-state index in [1.165, 1.54) is 0 Å². The largest absolute Gasteiger partial charge is 0.418 e. The van der Waals surface area contributed by atoms with Crippen LogP contribution in [0.5, 0.6) is 0 Å². The number of fused-ring (bicyclic) bond motifs is 1. The predicted octanol–water partition coefficient (Wildman–Crippen LogP) is 1.03. The van der Waals surface area contributed by atoms with Crippen molar-refractivity contribution in [1.82, 2.24) is 15.2 Å². The number of hydrogen-bond acceptors (Lipinski definition) is 4. The van der Waals surface area contributed by atoms with E-state index in [1.807, 2.05) is 13.8 Å². The van der Waals surface area contributed by atoms with Crippen LogP contribution in [0.25, 0.3) is 11.2 Å². The van der Waals surface area contributed by atoms with Crippen molar-refractivity contribution in [2.24, 2.45) is 0 Å². The highest BCUT2D eigenvalue weighted by molar-refractivity contribution is 5.71. The molecule has 1 N–H and O–H groups in total. The van der Waals surface area contributed by atoms with Gasteiger partial charge in [-0.05, 0) is 5.92 Å². The third kappa shape index (κ3) is 1.22. The normalized spacial score (nSPS) is 11.3. The van der Waals surface area contributed by atoms with Crippen molar-refractivity contribution in [3.8, 4) is 0 Å². The number of H-pyrrole nitrogens is 1. The lowest BCUT2D eigenvalue weighted by Crippen LogP contribution is -1.96. The molecule has 2 heterocycles. The van der Waals surface area contributed by atoms with Crippen molar-refractivity contribution in [3.05, 3.63) is 22.3 Å². The van der Waals surface area contributed by atoms with Crippen molar-refractivity contribution in [1.29, 1.82) is 0 Å². The van der Waals surface area contributed by atoms with Gasteiger partial charge in [-0.15, -0.1) is 5.10 Å². The third-order valence-electron chi connectivity index (χ3n) is 1.89. The molecular formula is C8H9N3O2. The molecule has 0 amide bonds. The molecule has 0 saturated carbocycles. The maximum Gasteiger partial charge on any atom is 0.418 e. The fourth-order valence-electron chi connectivity index (χ4n) is 1.23. The first-order chi connectivity index (χ1) is 6.18. The number of nitrogens with one attached hydrogen (secondary N) is 1. The molecule has 0 saturated heterocycles. The van der Waals surface area contributed by atoms with Crippen molar-refractivity contribution in [3.63, 3.8) is 0 Å². The van der Waals surface area contributed by atoms with Gasteiger partial charge in [-0.25, -0.2) is 4.79 Å². The highest BCUT2D eigenvalue weighted by Crippen LogP contribution is 2.19. The number of oxazole rings is 1. The van der Waals surface area contributed by atoms with Crippen LogP contribution in [0, 0.1) is 0 Å². The molecule has 0 radical (unpaired) electrons. The summed E-state index contributed by atoms with van der Waals surface area (Å²) in [6.45, 7) is 4.03. The molecule has 0 bridgehead atoms. The second-order valence-corrected chi connectivity index (χ2v) is 3.15. The fraction of sp³-hybridized carbons (Fsp3) is 0.375. The molecule has 68 valence electrons. The molecule has 2 rings (SSSR count). The standard InChI is InChI=1S/C8H9N3O2/c1-4(2)5-3-9-11-7-6(5)10-8(12)13-7/h3-4H,1-2H3,(H,10,12). The topological polar surface area (TPSA) is 71.8 Å². The lowest BCUT2D eigenvalue weighted by molar-refractivity contribution is 0.541. The molecule has 2 aromatic rings. The van der Waals surface area contributed by atoms with Crippen LogP contribution >= 0.6 is 0 Å². The number of hydrogen-bond donors (Lipinski definition) is 1. The van der Waals surface area contributed by atoms with Gasteiger partial charge in [0.2, 0.25) is 0 Å². The second kappa shape index (κ2) is 2.69. The van der Waals surface area contributed by atoms with Crippen molar-refractivity contribution < 1.29 is 4.42 Å². The summed E-state index contributed by atoms with van der Waals surface area (Å²) in [4.78, 5) is 13.5. The van der Waals surface area contributed by atoms with Gasteiger partial charge in [-0.3, -0.25) is 4.98 Å². The van der Waals surface area contributed by atoms with Crippen molar-refractivity contribution in [2.75, 3.05) is 0 Å². The van der Waals surface area contributed by atoms with E-state index < -0.39 is 5.76 Å². The van der Waals surface area contributed by atoms with Gasteiger partial charge >= 0.3 is 5.76 Å². The Labute approximate surface area is 73.8 Å². The molecule has 0 unspecified atom stereocenters. The highest BCUT2D eigenvalue weighted by Gasteiger charge is 2.10. The predicted molar refractivity (Wildman–Crippen MR) is 46.5 cm³/mol. The SMILES string of the molecule is CC(C)c1cnnc2oc(=O)[nH]c12. The van der Waals surface area contributed by atoms with E-state index in [0.717, 1.165) is 5.56 Å². The Morgan fingerprint density at radius 3 is 3.00 bits per heavy atom. The molecule has 0 fully saturated rings. The molecule has 5 nitrogen and oxygen atoms in total. The molecule has 0 aromatic carbocycles. The number of rotatable bonds is 1. The van der Waals surface area contributed by atoms with Gasteiger partial charge in [0.1, 0.15) is 5.52 Å². The molecule has 0 aliphatic carbocycles. The Bertz CT molecular complexity index is 483. The van der Waals surface area contributed by atoms with E-state index in [4.69, 9.17) is 4.42 Å². The number of aromatic amines is 1. The van der Waals surface area contributed by atoms with E-state index in [-0.39, 0.29) is 11.6 Å². The summed E-state index contributed by atoms with van der Waals surface area (Å²) in [5.74, 6) is -0.205. The minimum absolute atomic E-state index is 0.274. The summed E-state index contributed by atoms with van der Waals surface area (Å²) >= 11 is 0. The van der Waals surface area contributed by atoms with Gasteiger partial charge in [0, 0.05) is 5.56 Å². The minimum Gasteiger partial charge on any atom is -0.387 e. The zero-order chi connectivity index (χ0) is 9.42. The lowest BCUT2D eigenvalue weighted by Gasteiger charge is -2.02. The number of aromatic nitrogens is 3. The van der Waals surface area contributed by atoms with Crippen LogP contribution in [0.1, 0.15) is 25.3 Å². The summed E-state index contributed by atoms with van der Waals surface area (Å²) in [6.07, 6.45) is 1.64. The quantitative estimate of drug-likeness (QED) is 0.709. The first kappa shape index (κ1) is 7.97. The van der Waals surface area contributed by atoms with Gasteiger partial charge in [0.15, 0.2) is 0 Å². The van der Waals surface area contributed by atoms with E-state index in [0.29, 0.717) is 5.52 Å². The summed E-state index contributed by atoms with van der Waals surface area (Å²) in [7, 11) is 0. The zero-order valence-corrected chi connectivity index (χ0v) is 7.37. The van der Waals surface area contributed by atoms with Crippen molar-refractivity contribution in [2.45, 2.75) is 19.8 Å². The van der Waals surface area contributed by atoms with Crippen LogP contribution in [0.15, 0.2) is 15.4 Å². The minimum atomic E-state index is -0.489. The van der Waals surface area contributed by atoms with Gasteiger partial charge in [-0.2, -0.15) is 5.10 Å². The van der Waals surface area contributed by atoms with Gasteiger partial charge in [0.05, 0.1) is 6.20 Å². The summed E-state index contributed by atoms with van der Waals surface area (Å²) < 4.78 is 4.77. The van der Waals surface area contributed by atoms with Crippen LogP contribution in [-0.4, -0.2) is 15.2 Å². The number of nitrogens with zero attached hydrogens (tertiary/aromatic N) is 2. The third-order valence-corrected chi connectivity index (χ3v) is 1.89. The maximum atomic E-state index is 10.9. The van der Waals surface area contributed by atoms with Crippen LogP contribution < -0.4 is 5.76 Å². The molecule has 0 spiro atoms. The zero-order valence-electron chi connectivity index (χ0n) is 7.37.